The van der Waals surface area contributed by atoms with Gasteiger partial charge in [0.25, 0.3) is 0 Å². The SMILES string of the molecule is CCc1ccc2c(c1)[C@H](c1ccccc1C(N)=O)CC2. The van der Waals surface area contributed by atoms with Crippen LogP contribution in [-0.4, -0.2) is 5.91 Å². The average Bonchev–Trinajstić information content (AvgIpc) is 2.89. The lowest BCUT2D eigenvalue weighted by molar-refractivity contribution is 0.0999. The second-order valence-electron chi connectivity index (χ2n) is 5.43. The molecule has 0 saturated heterocycles. The number of primary amides is 1. The predicted octanol–water partition coefficient (Wildman–Crippen LogP) is 3.43. The van der Waals surface area contributed by atoms with Crippen LogP contribution in [0.2, 0.25) is 0 Å². The lowest BCUT2D eigenvalue weighted by Crippen LogP contribution is -2.15. The van der Waals surface area contributed by atoms with Crippen molar-refractivity contribution in [2.45, 2.75) is 32.1 Å². The van der Waals surface area contributed by atoms with Crippen molar-refractivity contribution >= 4 is 5.91 Å². The molecule has 0 heterocycles. The van der Waals surface area contributed by atoms with Crippen molar-refractivity contribution in [3.05, 3.63) is 70.3 Å². The van der Waals surface area contributed by atoms with E-state index < -0.39 is 0 Å². The summed E-state index contributed by atoms with van der Waals surface area (Å²) in [7, 11) is 0. The Morgan fingerprint density at radius 1 is 1.20 bits per heavy atom. The maximum Gasteiger partial charge on any atom is 0.248 e. The first-order valence-corrected chi connectivity index (χ1v) is 7.21. The Bertz CT molecular complexity index is 660. The summed E-state index contributed by atoms with van der Waals surface area (Å²) >= 11 is 0. The Kier molecular flexibility index (Phi) is 3.31. The Morgan fingerprint density at radius 3 is 2.75 bits per heavy atom. The highest BCUT2D eigenvalue weighted by atomic mass is 16.1. The standard InChI is InChI=1S/C18H19NO/c1-2-12-7-8-13-9-10-15(17(13)11-12)14-5-3-4-6-16(14)18(19)20/h3-8,11,15H,2,9-10H2,1H3,(H2,19,20)/t15-/m0/s1. The van der Waals surface area contributed by atoms with Crippen molar-refractivity contribution in [2.24, 2.45) is 5.73 Å². The van der Waals surface area contributed by atoms with Gasteiger partial charge in [-0.05, 0) is 47.6 Å². The van der Waals surface area contributed by atoms with E-state index in [2.05, 4.69) is 25.1 Å². The number of carbonyl (C=O) groups is 1. The predicted molar refractivity (Wildman–Crippen MR) is 80.9 cm³/mol. The average molecular weight is 265 g/mol. The largest absolute Gasteiger partial charge is 0.366 e. The molecular weight excluding hydrogens is 246 g/mol. The van der Waals surface area contributed by atoms with E-state index in [1.807, 2.05) is 24.3 Å². The van der Waals surface area contributed by atoms with Gasteiger partial charge in [0, 0.05) is 11.5 Å². The fourth-order valence-electron chi connectivity index (χ4n) is 3.22. The minimum absolute atomic E-state index is 0.306. The molecule has 0 radical (unpaired) electrons. The second-order valence-corrected chi connectivity index (χ2v) is 5.43. The quantitative estimate of drug-likeness (QED) is 0.907. The van der Waals surface area contributed by atoms with Crippen LogP contribution in [0.25, 0.3) is 0 Å². The molecule has 0 spiro atoms. The van der Waals surface area contributed by atoms with Gasteiger partial charge in [-0.1, -0.05) is 43.3 Å². The molecule has 102 valence electrons. The number of rotatable bonds is 3. The van der Waals surface area contributed by atoms with Gasteiger partial charge in [-0.2, -0.15) is 0 Å². The third-order valence-electron chi connectivity index (χ3n) is 4.30. The summed E-state index contributed by atoms with van der Waals surface area (Å²) in [5.41, 5.74) is 11.4. The van der Waals surface area contributed by atoms with Gasteiger partial charge in [0.2, 0.25) is 5.91 Å². The molecule has 3 rings (SSSR count). The smallest absolute Gasteiger partial charge is 0.248 e. The van der Waals surface area contributed by atoms with Crippen molar-refractivity contribution in [1.29, 1.82) is 0 Å². The first-order valence-electron chi connectivity index (χ1n) is 7.21. The molecule has 1 aliphatic carbocycles. The Hall–Kier alpha value is -2.09. The van der Waals surface area contributed by atoms with Gasteiger partial charge in [-0.15, -0.1) is 0 Å². The van der Waals surface area contributed by atoms with Crippen molar-refractivity contribution in [1.82, 2.24) is 0 Å². The maximum atomic E-state index is 11.6. The molecular formula is C18H19NO. The minimum atomic E-state index is -0.333. The summed E-state index contributed by atoms with van der Waals surface area (Å²) in [5, 5.41) is 0. The highest BCUT2D eigenvalue weighted by Crippen LogP contribution is 2.39. The van der Waals surface area contributed by atoms with Crippen LogP contribution in [0.3, 0.4) is 0 Å². The molecule has 2 heteroatoms. The van der Waals surface area contributed by atoms with E-state index in [9.17, 15) is 4.79 Å². The summed E-state index contributed by atoms with van der Waals surface area (Å²) in [6, 6.07) is 14.5. The molecule has 1 aliphatic rings. The number of hydrogen-bond acceptors (Lipinski definition) is 1. The van der Waals surface area contributed by atoms with Crippen molar-refractivity contribution < 1.29 is 4.79 Å². The van der Waals surface area contributed by atoms with Crippen LogP contribution >= 0.6 is 0 Å². The van der Waals surface area contributed by atoms with Crippen LogP contribution in [0, 0.1) is 0 Å². The van der Waals surface area contributed by atoms with Gasteiger partial charge >= 0.3 is 0 Å². The van der Waals surface area contributed by atoms with Crippen LogP contribution < -0.4 is 5.73 Å². The van der Waals surface area contributed by atoms with Gasteiger partial charge in [0.1, 0.15) is 0 Å². The molecule has 1 atom stereocenters. The monoisotopic (exact) mass is 265 g/mol. The zero-order valence-corrected chi connectivity index (χ0v) is 11.7. The molecule has 0 bridgehead atoms. The molecule has 0 unspecified atom stereocenters. The molecule has 2 N–H and O–H groups in total. The zero-order valence-electron chi connectivity index (χ0n) is 11.7. The van der Waals surface area contributed by atoms with E-state index >= 15 is 0 Å². The number of fused-ring (bicyclic) bond motifs is 1. The van der Waals surface area contributed by atoms with Crippen molar-refractivity contribution in [2.75, 3.05) is 0 Å². The topological polar surface area (TPSA) is 43.1 Å². The van der Waals surface area contributed by atoms with Crippen molar-refractivity contribution in [3.63, 3.8) is 0 Å². The van der Waals surface area contributed by atoms with E-state index in [1.165, 1.54) is 16.7 Å². The fraction of sp³-hybridized carbons (Fsp3) is 0.278. The molecule has 0 aliphatic heterocycles. The second kappa shape index (κ2) is 5.12. The summed E-state index contributed by atoms with van der Waals surface area (Å²) in [5.74, 6) is -0.0269. The Morgan fingerprint density at radius 2 is 2.00 bits per heavy atom. The summed E-state index contributed by atoms with van der Waals surface area (Å²) in [6.07, 6.45) is 3.18. The number of carbonyl (C=O) groups excluding carboxylic acids is 1. The summed E-state index contributed by atoms with van der Waals surface area (Å²) in [6.45, 7) is 2.17. The van der Waals surface area contributed by atoms with E-state index in [1.54, 1.807) is 0 Å². The normalized spacial score (nSPS) is 16.9. The molecule has 20 heavy (non-hydrogen) atoms. The van der Waals surface area contributed by atoms with E-state index in [4.69, 9.17) is 5.73 Å². The van der Waals surface area contributed by atoms with Crippen LogP contribution in [0.15, 0.2) is 42.5 Å². The number of hydrogen-bond donors (Lipinski definition) is 1. The fourth-order valence-corrected chi connectivity index (χ4v) is 3.22. The Balaban J connectivity index is 2.09. The molecule has 0 aromatic heterocycles. The first kappa shape index (κ1) is 12.9. The van der Waals surface area contributed by atoms with Gasteiger partial charge in [0.05, 0.1) is 0 Å². The van der Waals surface area contributed by atoms with Gasteiger partial charge in [0.15, 0.2) is 0 Å². The molecule has 2 nitrogen and oxygen atoms in total. The third-order valence-corrected chi connectivity index (χ3v) is 4.30. The van der Waals surface area contributed by atoms with Gasteiger partial charge in [-0.3, -0.25) is 4.79 Å². The van der Waals surface area contributed by atoms with Crippen molar-refractivity contribution in [3.8, 4) is 0 Å². The summed E-state index contributed by atoms with van der Waals surface area (Å²) in [4.78, 5) is 11.6. The number of aryl methyl sites for hydroxylation is 2. The van der Waals surface area contributed by atoms with Crippen LogP contribution in [0.4, 0.5) is 0 Å². The first-order chi connectivity index (χ1) is 9.70. The third kappa shape index (κ3) is 2.11. The molecule has 1 amide bonds. The number of nitrogens with two attached hydrogens (primary N) is 1. The van der Waals surface area contributed by atoms with Crippen LogP contribution in [0.5, 0.6) is 0 Å². The van der Waals surface area contributed by atoms with E-state index in [0.29, 0.717) is 11.5 Å². The lowest BCUT2D eigenvalue weighted by atomic mass is 9.88. The highest BCUT2D eigenvalue weighted by Gasteiger charge is 2.26. The molecule has 0 saturated carbocycles. The van der Waals surface area contributed by atoms with E-state index in [0.717, 1.165) is 24.8 Å². The minimum Gasteiger partial charge on any atom is -0.366 e. The number of benzene rings is 2. The van der Waals surface area contributed by atoms with Gasteiger partial charge in [-0.25, -0.2) is 0 Å². The molecule has 0 fully saturated rings. The molecule has 2 aromatic rings. The van der Waals surface area contributed by atoms with Gasteiger partial charge < -0.3 is 5.73 Å². The number of amides is 1. The lowest BCUT2D eigenvalue weighted by Gasteiger charge is -2.16. The summed E-state index contributed by atoms with van der Waals surface area (Å²) < 4.78 is 0. The Labute approximate surface area is 119 Å². The molecule has 2 aromatic carbocycles. The highest BCUT2D eigenvalue weighted by molar-refractivity contribution is 5.94. The zero-order chi connectivity index (χ0) is 14.1. The van der Waals surface area contributed by atoms with E-state index in [-0.39, 0.29) is 5.91 Å². The van der Waals surface area contributed by atoms with Crippen LogP contribution in [0.1, 0.15) is 51.9 Å². The maximum absolute atomic E-state index is 11.6. The van der Waals surface area contributed by atoms with Crippen LogP contribution in [-0.2, 0) is 12.8 Å².